The van der Waals surface area contributed by atoms with Gasteiger partial charge >= 0.3 is 0 Å². The Morgan fingerprint density at radius 1 is 0.300 bits per heavy atom. The van der Waals surface area contributed by atoms with Crippen LogP contribution in [0.1, 0.15) is 0 Å². The van der Waals surface area contributed by atoms with Gasteiger partial charge in [-0.15, -0.1) is 0 Å². The zero-order valence-electron chi connectivity index (χ0n) is 37.9. The van der Waals surface area contributed by atoms with Gasteiger partial charge in [-0.2, -0.15) is 0 Å². The van der Waals surface area contributed by atoms with E-state index in [4.69, 9.17) is 9.97 Å². The smallest absolute Gasteiger partial charge is 0.0995 e. The molecule has 15 rings (SSSR count). The molecule has 0 radical (unpaired) electrons. The van der Waals surface area contributed by atoms with E-state index < -0.39 is 0 Å². The van der Waals surface area contributed by atoms with E-state index in [1.807, 2.05) is 0 Å². The molecule has 0 N–H and O–H groups in total. The number of benzene rings is 13. The highest BCUT2D eigenvalue weighted by Crippen LogP contribution is 2.45. The van der Waals surface area contributed by atoms with Gasteiger partial charge in [0.25, 0.3) is 0 Å². The molecule has 0 saturated carbocycles. The Bertz CT molecular complexity index is 4670. The summed E-state index contributed by atoms with van der Waals surface area (Å²) in [6.45, 7) is 0. The average molecular weight is 889 g/mol. The molecule has 13 aromatic carbocycles. The van der Waals surface area contributed by atoms with Crippen molar-refractivity contribution >= 4 is 126 Å². The van der Waals surface area contributed by atoms with E-state index in [2.05, 4.69) is 252 Å². The molecule has 0 bridgehead atoms. The summed E-state index contributed by atoms with van der Waals surface area (Å²) in [5, 5.41) is 16.3. The summed E-state index contributed by atoms with van der Waals surface area (Å²) in [5.41, 5.74) is 12.5. The number of aromatic nitrogens is 3. The molecule has 4 nitrogen and oxygen atoms in total. The van der Waals surface area contributed by atoms with Crippen molar-refractivity contribution in [2.24, 2.45) is 0 Å². The summed E-state index contributed by atoms with van der Waals surface area (Å²) < 4.78 is 2.45. The van der Waals surface area contributed by atoms with Crippen molar-refractivity contribution in [2.75, 3.05) is 4.90 Å². The number of hydrogen-bond acceptors (Lipinski definition) is 3. The van der Waals surface area contributed by atoms with Crippen molar-refractivity contribution in [1.82, 2.24) is 14.5 Å². The maximum Gasteiger partial charge on any atom is 0.0995 e. The Balaban J connectivity index is 1.01. The van der Waals surface area contributed by atoms with Crippen molar-refractivity contribution in [3.05, 3.63) is 243 Å². The minimum atomic E-state index is 0.870. The molecule has 0 amide bonds. The Labute approximate surface area is 402 Å². The Morgan fingerprint density at radius 2 is 0.857 bits per heavy atom. The standard InChI is InChI=1S/C66H40N4/c1-3-17-45-37-47(28-27-41(45)13-1)48-30-33-56-62(39-48)70(60-26-12-20-44-16-6-8-22-52(44)60)61-36-35-58-66(63(56)61)68-65-55-34-32-50(40-57(55)53-23-9-10-24-54(53)64(65)67-58)69(49-31-29-42-14-2-4-18-46(42)38-49)59-25-11-19-43-15-5-7-21-51(43)59/h1-40H. The highest BCUT2D eigenvalue weighted by molar-refractivity contribution is 6.27. The molecule has 0 atom stereocenters. The second kappa shape index (κ2) is 15.1. The fraction of sp³-hybridized carbons (Fsp3) is 0. The van der Waals surface area contributed by atoms with Gasteiger partial charge in [-0.05, 0) is 115 Å². The Hall–Kier alpha value is -9.38. The normalized spacial score (nSPS) is 12.0. The molecule has 15 aromatic rings. The molecule has 2 heterocycles. The van der Waals surface area contributed by atoms with E-state index in [1.54, 1.807) is 0 Å². The highest BCUT2D eigenvalue weighted by Gasteiger charge is 2.22. The maximum absolute atomic E-state index is 5.79. The quantitative estimate of drug-likeness (QED) is 0.128. The van der Waals surface area contributed by atoms with Crippen LogP contribution in [0.5, 0.6) is 0 Å². The molecule has 0 aliphatic carbocycles. The molecule has 0 aliphatic rings. The first-order chi connectivity index (χ1) is 34.7. The van der Waals surface area contributed by atoms with Crippen molar-refractivity contribution in [3.8, 4) is 16.8 Å². The van der Waals surface area contributed by atoms with E-state index in [-0.39, 0.29) is 0 Å². The van der Waals surface area contributed by atoms with Crippen LogP contribution in [0, 0.1) is 0 Å². The van der Waals surface area contributed by atoms with E-state index in [9.17, 15) is 0 Å². The fourth-order valence-electron chi connectivity index (χ4n) is 11.4. The maximum atomic E-state index is 5.79. The number of nitrogens with zero attached hydrogens (tertiary/aromatic N) is 4. The molecule has 0 aliphatic heterocycles. The second-order valence-corrected chi connectivity index (χ2v) is 18.5. The summed E-state index contributed by atoms with van der Waals surface area (Å²) in [6, 6.07) is 88.3. The zero-order chi connectivity index (χ0) is 45.9. The third-order valence-corrected chi connectivity index (χ3v) is 14.6. The SMILES string of the molecule is c1ccc2cc(-c3ccc4c5c6nc7c8ccc(N(c9ccc%10ccccc%10c9)c9cccc%10ccccc9%10)cc8c8ccccc8c7nc6ccc5n(-c5cccc6ccccc56)c4c3)ccc2c1. The lowest BCUT2D eigenvalue weighted by atomic mass is 9.97. The van der Waals surface area contributed by atoms with Gasteiger partial charge in [0.1, 0.15) is 0 Å². The largest absolute Gasteiger partial charge is 0.310 e. The second-order valence-electron chi connectivity index (χ2n) is 18.5. The summed E-state index contributed by atoms with van der Waals surface area (Å²) in [7, 11) is 0. The van der Waals surface area contributed by atoms with Gasteiger partial charge in [0.2, 0.25) is 0 Å². The lowest BCUT2D eigenvalue weighted by Crippen LogP contribution is -2.10. The molecular formula is C66H40N4. The molecule has 324 valence electrons. The first kappa shape index (κ1) is 38.7. The first-order valence-electron chi connectivity index (χ1n) is 24.0. The van der Waals surface area contributed by atoms with Gasteiger partial charge < -0.3 is 9.47 Å². The number of rotatable bonds is 5. The number of hydrogen-bond donors (Lipinski definition) is 0. The van der Waals surface area contributed by atoms with Gasteiger partial charge in [-0.3, -0.25) is 0 Å². The van der Waals surface area contributed by atoms with Gasteiger partial charge in [0, 0.05) is 43.7 Å². The topological polar surface area (TPSA) is 34.0 Å². The molecule has 0 unspecified atom stereocenters. The van der Waals surface area contributed by atoms with Gasteiger partial charge in [-0.1, -0.05) is 182 Å². The molecule has 0 fully saturated rings. The van der Waals surface area contributed by atoms with Crippen LogP contribution in [-0.4, -0.2) is 14.5 Å². The van der Waals surface area contributed by atoms with Gasteiger partial charge in [0.05, 0.1) is 44.5 Å². The van der Waals surface area contributed by atoms with Crippen LogP contribution in [0.25, 0.3) is 125 Å². The molecule has 0 spiro atoms. The number of fused-ring (bicyclic) bond motifs is 15. The summed E-state index contributed by atoms with van der Waals surface area (Å²) >= 11 is 0. The molecule has 2 aromatic heterocycles. The van der Waals surface area contributed by atoms with Crippen LogP contribution in [0.4, 0.5) is 17.1 Å². The lowest BCUT2D eigenvalue weighted by molar-refractivity contribution is 1.20. The highest BCUT2D eigenvalue weighted by atomic mass is 15.1. The zero-order valence-corrected chi connectivity index (χ0v) is 37.9. The van der Waals surface area contributed by atoms with Crippen LogP contribution in [0.15, 0.2) is 243 Å². The van der Waals surface area contributed by atoms with E-state index in [0.717, 1.165) is 93.7 Å². The number of anilines is 3. The molecular weight excluding hydrogens is 849 g/mol. The predicted molar refractivity (Wildman–Crippen MR) is 297 cm³/mol. The lowest BCUT2D eigenvalue weighted by Gasteiger charge is -2.27. The van der Waals surface area contributed by atoms with Crippen LogP contribution < -0.4 is 4.90 Å². The monoisotopic (exact) mass is 888 g/mol. The van der Waals surface area contributed by atoms with Crippen LogP contribution in [0.2, 0.25) is 0 Å². The summed E-state index contributed by atoms with van der Waals surface area (Å²) in [6.07, 6.45) is 0. The summed E-state index contributed by atoms with van der Waals surface area (Å²) in [5.74, 6) is 0. The van der Waals surface area contributed by atoms with E-state index in [1.165, 1.54) is 48.7 Å². The van der Waals surface area contributed by atoms with E-state index in [0.29, 0.717) is 0 Å². The predicted octanol–water partition coefficient (Wildman–Crippen LogP) is 17.9. The third kappa shape index (κ3) is 5.84. The van der Waals surface area contributed by atoms with Crippen molar-refractivity contribution < 1.29 is 0 Å². The van der Waals surface area contributed by atoms with Crippen molar-refractivity contribution in [1.29, 1.82) is 0 Å². The van der Waals surface area contributed by atoms with Crippen LogP contribution in [-0.2, 0) is 0 Å². The fourth-order valence-corrected chi connectivity index (χ4v) is 11.4. The Kier molecular flexibility index (Phi) is 8.33. The Morgan fingerprint density at radius 3 is 1.67 bits per heavy atom. The summed E-state index contributed by atoms with van der Waals surface area (Å²) in [4.78, 5) is 13.8. The minimum Gasteiger partial charge on any atom is -0.310 e. The average Bonchev–Trinajstić information content (AvgIpc) is 3.76. The van der Waals surface area contributed by atoms with Gasteiger partial charge in [0.15, 0.2) is 0 Å². The van der Waals surface area contributed by atoms with E-state index >= 15 is 0 Å². The molecule has 0 saturated heterocycles. The first-order valence-corrected chi connectivity index (χ1v) is 24.0. The van der Waals surface area contributed by atoms with Gasteiger partial charge in [-0.25, -0.2) is 9.97 Å². The molecule has 4 heteroatoms. The van der Waals surface area contributed by atoms with Crippen molar-refractivity contribution in [3.63, 3.8) is 0 Å². The third-order valence-electron chi connectivity index (χ3n) is 14.6. The minimum absolute atomic E-state index is 0.870. The molecule has 70 heavy (non-hydrogen) atoms. The van der Waals surface area contributed by atoms with Crippen LogP contribution in [0.3, 0.4) is 0 Å². The van der Waals surface area contributed by atoms with Crippen LogP contribution >= 0.6 is 0 Å². The van der Waals surface area contributed by atoms with Crippen molar-refractivity contribution in [2.45, 2.75) is 0 Å².